The number of furan rings is 1. The van der Waals surface area contributed by atoms with Gasteiger partial charge in [0.15, 0.2) is 11.4 Å². The van der Waals surface area contributed by atoms with Gasteiger partial charge in [0.05, 0.1) is 26.4 Å². The lowest BCUT2D eigenvalue weighted by Crippen LogP contribution is -2.14. The van der Waals surface area contributed by atoms with Gasteiger partial charge in [-0.25, -0.2) is 0 Å². The molecule has 10 heteroatoms. The van der Waals surface area contributed by atoms with Crippen molar-refractivity contribution in [3.63, 3.8) is 0 Å². The molecular weight excluding hydrogens is 438 g/mol. The fourth-order valence-corrected chi connectivity index (χ4v) is 3.61. The van der Waals surface area contributed by atoms with Crippen LogP contribution in [0.4, 0.5) is 5.69 Å². The summed E-state index contributed by atoms with van der Waals surface area (Å²) in [4.78, 5) is 20.6. The molecule has 0 saturated carbocycles. The minimum absolute atomic E-state index is 0.0153. The Morgan fingerprint density at radius 3 is 2.50 bits per heavy atom. The normalized spacial score (nSPS) is 14.1. The number of anilines is 1. The third-order valence-electron chi connectivity index (χ3n) is 5.09. The van der Waals surface area contributed by atoms with Crippen molar-refractivity contribution in [1.29, 1.82) is 0 Å². The van der Waals surface area contributed by atoms with Gasteiger partial charge in [-0.1, -0.05) is 0 Å². The molecule has 0 radical (unpaired) electrons. The van der Waals surface area contributed by atoms with Crippen molar-refractivity contribution in [1.82, 2.24) is 9.97 Å². The zero-order valence-corrected chi connectivity index (χ0v) is 19.0. The van der Waals surface area contributed by atoms with Gasteiger partial charge in [-0.05, 0) is 67.3 Å². The van der Waals surface area contributed by atoms with Crippen molar-refractivity contribution >= 4 is 23.2 Å². The van der Waals surface area contributed by atoms with Crippen molar-refractivity contribution in [3.8, 4) is 23.5 Å². The Morgan fingerprint density at radius 1 is 1.16 bits per heavy atom. The first-order chi connectivity index (χ1) is 15.2. The third-order valence-corrected chi connectivity index (χ3v) is 5.26. The summed E-state index contributed by atoms with van der Waals surface area (Å²) in [5.74, 6) is 0.344. The number of nitrogens with zero attached hydrogens (tertiary/aromatic N) is 2. The van der Waals surface area contributed by atoms with Crippen LogP contribution in [0, 0.1) is 6.92 Å². The smallest absolute Gasteiger partial charge is 0.291 e. The number of rotatable bonds is 6. The number of ether oxygens (including phenoxy) is 4. The maximum atomic E-state index is 12.7. The molecule has 0 atom stereocenters. The number of methoxy groups -OCH3 is 2. The monoisotopic (exact) mass is 459 g/mol. The van der Waals surface area contributed by atoms with E-state index in [1.54, 1.807) is 6.07 Å². The highest BCUT2D eigenvalue weighted by Crippen LogP contribution is 2.40. The first kappa shape index (κ1) is 21.9. The molecule has 1 aliphatic heterocycles. The van der Waals surface area contributed by atoms with E-state index in [4.69, 9.17) is 35.0 Å². The Hall–Kier alpha value is -3.30. The third kappa shape index (κ3) is 4.09. The molecule has 32 heavy (non-hydrogen) atoms. The second-order valence-electron chi connectivity index (χ2n) is 7.63. The van der Waals surface area contributed by atoms with Gasteiger partial charge in [0.1, 0.15) is 5.75 Å². The number of hydrogen-bond donors (Lipinski definition) is 1. The number of aryl methyl sites for hydroxylation is 1. The van der Waals surface area contributed by atoms with Crippen LogP contribution in [0.2, 0.25) is 5.28 Å². The Morgan fingerprint density at radius 2 is 1.84 bits per heavy atom. The molecule has 3 heterocycles. The molecule has 4 rings (SSSR count). The van der Waals surface area contributed by atoms with Crippen LogP contribution < -0.4 is 19.5 Å². The highest BCUT2D eigenvalue weighted by atomic mass is 35.5. The second-order valence-corrected chi connectivity index (χ2v) is 7.97. The average Bonchev–Trinajstić information content (AvgIpc) is 3.33. The average molecular weight is 460 g/mol. The van der Waals surface area contributed by atoms with Crippen LogP contribution in [0.1, 0.15) is 41.1 Å². The summed E-state index contributed by atoms with van der Waals surface area (Å²) in [6.45, 7) is 6.53. The first-order valence-corrected chi connectivity index (χ1v) is 10.1. The molecule has 0 aliphatic carbocycles. The Kier molecular flexibility index (Phi) is 5.70. The van der Waals surface area contributed by atoms with Gasteiger partial charge in [-0.3, -0.25) is 4.79 Å². The standard InChI is InChI=1S/C22H22ClN3O6/c1-11-8-12-10-30-22(2,3)13(12)9-15(11)32-16-7-6-14(31-16)18(27)24-17-19(28-4)25-21(23)26-20(17)29-5/h6-9H,10H2,1-5H3,(H,24,27). The van der Waals surface area contributed by atoms with Crippen LogP contribution >= 0.6 is 11.6 Å². The number of aromatic nitrogens is 2. The molecule has 1 amide bonds. The van der Waals surface area contributed by atoms with E-state index in [0.29, 0.717) is 12.4 Å². The second kappa shape index (κ2) is 8.33. The molecule has 168 valence electrons. The molecule has 2 aromatic heterocycles. The van der Waals surface area contributed by atoms with Gasteiger partial charge in [-0.2, -0.15) is 9.97 Å². The molecular formula is C22H22ClN3O6. The number of carbonyl (C=O) groups excluding carboxylic acids is 1. The van der Waals surface area contributed by atoms with Crippen molar-refractivity contribution < 1.29 is 28.2 Å². The van der Waals surface area contributed by atoms with E-state index < -0.39 is 11.5 Å². The fourth-order valence-electron chi connectivity index (χ4n) is 3.45. The van der Waals surface area contributed by atoms with E-state index in [1.165, 1.54) is 20.3 Å². The Labute approximate surface area is 189 Å². The van der Waals surface area contributed by atoms with Gasteiger partial charge in [0.25, 0.3) is 11.9 Å². The summed E-state index contributed by atoms with van der Waals surface area (Å²) in [6, 6.07) is 7.04. The predicted molar refractivity (Wildman–Crippen MR) is 116 cm³/mol. The Bertz CT molecular complexity index is 1170. The van der Waals surface area contributed by atoms with Gasteiger partial charge in [-0.15, -0.1) is 0 Å². The lowest BCUT2D eigenvalue weighted by Gasteiger charge is -2.19. The zero-order chi connectivity index (χ0) is 23.0. The molecule has 1 aliphatic rings. The van der Waals surface area contributed by atoms with E-state index in [-0.39, 0.29) is 34.4 Å². The molecule has 0 spiro atoms. The molecule has 0 bridgehead atoms. The van der Waals surface area contributed by atoms with E-state index in [2.05, 4.69) is 15.3 Å². The van der Waals surface area contributed by atoms with Crippen molar-refractivity contribution in [2.24, 2.45) is 0 Å². The number of nitrogens with one attached hydrogen (secondary N) is 1. The molecule has 1 aromatic carbocycles. The van der Waals surface area contributed by atoms with Crippen LogP contribution in [0.15, 0.2) is 28.7 Å². The number of benzene rings is 1. The maximum absolute atomic E-state index is 12.7. The largest absolute Gasteiger partial charge is 0.479 e. The lowest BCUT2D eigenvalue weighted by molar-refractivity contribution is -0.00795. The van der Waals surface area contributed by atoms with Crippen LogP contribution in [0.25, 0.3) is 0 Å². The van der Waals surface area contributed by atoms with Crippen molar-refractivity contribution in [2.45, 2.75) is 33.0 Å². The minimum Gasteiger partial charge on any atom is -0.479 e. The highest BCUT2D eigenvalue weighted by Gasteiger charge is 2.32. The maximum Gasteiger partial charge on any atom is 0.291 e. The summed E-state index contributed by atoms with van der Waals surface area (Å²) in [5.41, 5.74) is 2.85. The number of halogens is 1. The molecule has 0 fully saturated rings. The summed E-state index contributed by atoms with van der Waals surface area (Å²) in [7, 11) is 2.77. The number of carbonyl (C=O) groups is 1. The Balaban J connectivity index is 1.55. The first-order valence-electron chi connectivity index (χ1n) is 9.74. The highest BCUT2D eigenvalue weighted by molar-refractivity contribution is 6.28. The molecule has 1 N–H and O–H groups in total. The fraction of sp³-hybridized carbons (Fsp3) is 0.318. The van der Waals surface area contributed by atoms with E-state index in [1.807, 2.05) is 32.9 Å². The zero-order valence-electron chi connectivity index (χ0n) is 18.2. The predicted octanol–water partition coefficient (Wildman–Crippen LogP) is 4.86. The van der Waals surface area contributed by atoms with Crippen LogP contribution in [0.5, 0.6) is 23.5 Å². The van der Waals surface area contributed by atoms with E-state index in [0.717, 1.165) is 16.7 Å². The molecule has 0 saturated heterocycles. The minimum atomic E-state index is -0.567. The van der Waals surface area contributed by atoms with Crippen molar-refractivity contribution in [3.05, 3.63) is 52.0 Å². The van der Waals surface area contributed by atoms with Crippen LogP contribution in [0.3, 0.4) is 0 Å². The summed E-state index contributed by atoms with van der Waals surface area (Å²) in [6.07, 6.45) is 0. The number of fused-ring (bicyclic) bond motifs is 1. The van der Waals surface area contributed by atoms with Gasteiger partial charge < -0.3 is 28.7 Å². The number of amides is 1. The van der Waals surface area contributed by atoms with Crippen LogP contribution in [-0.2, 0) is 16.9 Å². The summed E-state index contributed by atoms with van der Waals surface area (Å²) < 4.78 is 27.7. The van der Waals surface area contributed by atoms with E-state index in [9.17, 15) is 4.79 Å². The van der Waals surface area contributed by atoms with Gasteiger partial charge in [0.2, 0.25) is 17.0 Å². The van der Waals surface area contributed by atoms with E-state index >= 15 is 0 Å². The SMILES string of the molecule is COc1nc(Cl)nc(OC)c1NC(=O)c1ccc(Oc2cc3c(cc2C)COC3(C)C)o1. The quantitative estimate of drug-likeness (QED) is 0.521. The lowest BCUT2D eigenvalue weighted by atomic mass is 9.94. The summed E-state index contributed by atoms with van der Waals surface area (Å²) >= 11 is 5.84. The molecule has 9 nitrogen and oxygen atoms in total. The van der Waals surface area contributed by atoms with Gasteiger partial charge >= 0.3 is 0 Å². The van der Waals surface area contributed by atoms with Crippen LogP contribution in [-0.4, -0.2) is 30.1 Å². The molecule has 0 unspecified atom stereocenters. The van der Waals surface area contributed by atoms with Gasteiger partial charge in [0, 0.05) is 6.07 Å². The molecule has 3 aromatic rings. The topological polar surface area (TPSA) is 105 Å². The van der Waals surface area contributed by atoms with Crippen molar-refractivity contribution in [2.75, 3.05) is 19.5 Å². The summed E-state index contributed by atoms with van der Waals surface area (Å²) in [5, 5.41) is 2.54. The number of hydrogen-bond acceptors (Lipinski definition) is 8.